The minimum atomic E-state index is -4.58. The highest BCUT2D eigenvalue weighted by molar-refractivity contribution is 5.81. The Hall–Kier alpha value is -3.43. The molecule has 0 aliphatic carbocycles. The second-order valence-electron chi connectivity index (χ2n) is 6.90. The van der Waals surface area contributed by atoms with Crippen molar-refractivity contribution < 1.29 is 18.0 Å². The molecule has 158 valence electrons. The van der Waals surface area contributed by atoms with E-state index in [1.807, 2.05) is 0 Å². The molecule has 1 aromatic carbocycles. The van der Waals surface area contributed by atoms with Crippen molar-refractivity contribution in [3.8, 4) is 0 Å². The summed E-state index contributed by atoms with van der Waals surface area (Å²) in [5, 5.41) is 6.84. The predicted molar refractivity (Wildman–Crippen MR) is 105 cm³/mol. The molecule has 0 radical (unpaired) electrons. The molecule has 7 nitrogen and oxygen atoms in total. The number of alkyl halides is 3. The van der Waals surface area contributed by atoms with Gasteiger partial charge in [0.2, 0.25) is 11.9 Å². The number of nitrogens with one attached hydrogen (secondary N) is 1. The van der Waals surface area contributed by atoms with E-state index in [2.05, 4.69) is 20.4 Å². The lowest BCUT2D eigenvalue weighted by Gasteiger charge is -2.16. The number of amides is 1. The molecule has 10 heteroatoms. The van der Waals surface area contributed by atoms with Gasteiger partial charge in [0.25, 0.3) is 0 Å². The number of aromatic nitrogens is 4. The van der Waals surface area contributed by atoms with Gasteiger partial charge in [-0.3, -0.25) is 9.48 Å². The third kappa shape index (κ3) is 4.94. The number of hydrogen-bond donors (Lipinski definition) is 2. The van der Waals surface area contributed by atoms with E-state index in [9.17, 15) is 18.0 Å². The van der Waals surface area contributed by atoms with Crippen LogP contribution < -0.4 is 11.1 Å². The zero-order valence-electron chi connectivity index (χ0n) is 16.4. The fourth-order valence-corrected chi connectivity index (χ4v) is 3.11. The number of nitrogens with two attached hydrogens (primary N) is 1. The third-order valence-corrected chi connectivity index (χ3v) is 4.71. The van der Waals surface area contributed by atoms with Crippen molar-refractivity contribution in [2.75, 3.05) is 5.32 Å². The SMILES string of the molecule is CC(C(N)=O)c1ccccc1CCc1nc(Nc2cnn(C)c2)ncc1C(F)(F)F. The molecule has 2 heterocycles. The molecule has 3 N–H and O–H groups in total. The maximum absolute atomic E-state index is 13.5. The Morgan fingerprint density at radius 1 is 1.23 bits per heavy atom. The van der Waals surface area contributed by atoms with E-state index in [0.29, 0.717) is 11.3 Å². The van der Waals surface area contributed by atoms with Crippen molar-refractivity contribution in [2.24, 2.45) is 12.8 Å². The molecule has 30 heavy (non-hydrogen) atoms. The van der Waals surface area contributed by atoms with Crippen molar-refractivity contribution in [1.82, 2.24) is 19.7 Å². The van der Waals surface area contributed by atoms with Gasteiger partial charge in [-0.1, -0.05) is 24.3 Å². The molecular weight excluding hydrogens is 397 g/mol. The van der Waals surface area contributed by atoms with Gasteiger partial charge in [0, 0.05) is 19.4 Å². The minimum Gasteiger partial charge on any atom is -0.369 e. The van der Waals surface area contributed by atoms with Gasteiger partial charge in [-0.2, -0.15) is 18.3 Å². The number of hydrogen-bond acceptors (Lipinski definition) is 5. The van der Waals surface area contributed by atoms with Crippen LogP contribution in [0.1, 0.15) is 35.2 Å². The van der Waals surface area contributed by atoms with E-state index < -0.39 is 23.6 Å². The fourth-order valence-electron chi connectivity index (χ4n) is 3.11. The van der Waals surface area contributed by atoms with Crippen molar-refractivity contribution in [3.63, 3.8) is 0 Å². The fraction of sp³-hybridized carbons (Fsp3) is 0.300. The first kappa shape index (κ1) is 21.3. The number of primary amides is 1. The van der Waals surface area contributed by atoms with E-state index >= 15 is 0 Å². The van der Waals surface area contributed by atoms with Crippen molar-refractivity contribution in [2.45, 2.75) is 31.9 Å². The number of nitrogens with zero attached hydrogens (tertiary/aromatic N) is 4. The van der Waals surface area contributed by atoms with Crippen molar-refractivity contribution >= 4 is 17.5 Å². The van der Waals surface area contributed by atoms with Crippen LogP contribution in [-0.2, 0) is 30.9 Å². The average Bonchev–Trinajstić information content (AvgIpc) is 3.09. The van der Waals surface area contributed by atoms with Crippen LogP contribution in [0.2, 0.25) is 0 Å². The summed E-state index contributed by atoms with van der Waals surface area (Å²) in [5.74, 6) is -0.996. The van der Waals surface area contributed by atoms with E-state index in [-0.39, 0.29) is 24.5 Å². The monoisotopic (exact) mass is 418 g/mol. The first-order valence-electron chi connectivity index (χ1n) is 9.21. The van der Waals surface area contributed by atoms with E-state index in [4.69, 9.17) is 5.73 Å². The molecule has 0 saturated carbocycles. The quantitative estimate of drug-likeness (QED) is 0.613. The molecule has 0 bridgehead atoms. The second kappa shape index (κ2) is 8.52. The summed E-state index contributed by atoms with van der Waals surface area (Å²) < 4.78 is 42.0. The van der Waals surface area contributed by atoms with Gasteiger partial charge in [-0.25, -0.2) is 9.97 Å². The Labute approximate surface area is 171 Å². The first-order valence-corrected chi connectivity index (χ1v) is 9.21. The second-order valence-corrected chi connectivity index (χ2v) is 6.90. The van der Waals surface area contributed by atoms with Crippen LogP contribution in [0, 0.1) is 0 Å². The smallest absolute Gasteiger partial charge is 0.369 e. The lowest BCUT2D eigenvalue weighted by molar-refractivity contribution is -0.138. The van der Waals surface area contributed by atoms with Crippen LogP contribution in [0.5, 0.6) is 0 Å². The van der Waals surface area contributed by atoms with Crippen LogP contribution in [0.25, 0.3) is 0 Å². The minimum absolute atomic E-state index is 0.0155. The van der Waals surface area contributed by atoms with Gasteiger partial charge in [0.15, 0.2) is 0 Å². The zero-order valence-corrected chi connectivity index (χ0v) is 16.4. The van der Waals surface area contributed by atoms with Gasteiger partial charge in [-0.05, 0) is 30.9 Å². The molecule has 3 rings (SSSR count). The average molecular weight is 418 g/mol. The molecule has 0 saturated heterocycles. The summed E-state index contributed by atoms with van der Waals surface area (Å²) in [7, 11) is 1.72. The number of carbonyl (C=O) groups is 1. The molecule has 2 aromatic heterocycles. The third-order valence-electron chi connectivity index (χ3n) is 4.71. The number of anilines is 2. The molecule has 0 aliphatic heterocycles. The van der Waals surface area contributed by atoms with Gasteiger partial charge in [0.1, 0.15) is 0 Å². The predicted octanol–water partition coefficient (Wildman–Crippen LogP) is 3.35. The molecular formula is C20H21F3N6O. The zero-order chi connectivity index (χ0) is 21.9. The first-order chi connectivity index (χ1) is 14.1. The largest absolute Gasteiger partial charge is 0.419 e. The summed E-state index contributed by atoms with van der Waals surface area (Å²) >= 11 is 0. The van der Waals surface area contributed by atoms with Gasteiger partial charge in [-0.15, -0.1) is 0 Å². The summed E-state index contributed by atoms with van der Waals surface area (Å²) in [4.78, 5) is 19.5. The lowest BCUT2D eigenvalue weighted by Crippen LogP contribution is -2.20. The maximum Gasteiger partial charge on any atom is 0.419 e. The topological polar surface area (TPSA) is 98.7 Å². The van der Waals surface area contributed by atoms with Gasteiger partial charge >= 0.3 is 6.18 Å². The lowest BCUT2D eigenvalue weighted by atomic mass is 9.92. The van der Waals surface area contributed by atoms with Gasteiger partial charge < -0.3 is 11.1 Å². The molecule has 1 amide bonds. The standard InChI is InChI=1S/C20H21F3N6O/c1-12(18(24)30)15-6-4-3-5-13(15)7-8-17-16(20(21,22)23)10-25-19(28-17)27-14-9-26-29(2)11-14/h3-6,9-12H,7-8H2,1-2H3,(H2,24,30)(H,25,27,28). The molecule has 0 fully saturated rings. The van der Waals surface area contributed by atoms with Crippen LogP contribution >= 0.6 is 0 Å². The Balaban J connectivity index is 1.89. The number of aryl methyl sites for hydroxylation is 3. The molecule has 1 atom stereocenters. The summed E-state index contributed by atoms with van der Waals surface area (Å²) in [6, 6.07) is 7.06. The maximum atomic E-state index is 13.5. The van der Waals surface area contributed by atoms with Crippen LogP contribution in [0.4, 0.5) is 24.8 Å². The Kier molecular flexibility index (Phi) is 6.04. The summed E-state index contributed by atoms with van der Waals surface area (Å²) in [6.45, 7) is 1.67. The van der Waals surface area contributed by atoms with Crippen LogP contribution in [0.3, 0.4) is 0 Å². The van der Waals surface area contributed by atoms with Crippen LogP contribution in [0.15, 0.2) is 42.9 Å². The Bertz CT molecular complexity index is 1050. The Morgan fingerprint density at radius 2 is 1.97 bits per heavy atom. The summed E-state index contributed by atoms with van der Waals surface area (Å²) in [6.07, 6.45) is -0.354. The van der Waals surface area contributed by atoms with Crippen molar-refractivity contribution in [3.05, 3.63) is 65.2 Å². The van der Waals surface area contributed by atoms with E-state index in [1.165, 1.54) is 6.20 Å². The van der Waals surface area contributed by atoms with Crippen molar-refractivity contribution in [1.29, 1.82) is 0 Å². The highest BCUT2D eigenvalue weighted by Gasteiger charge is 2.35. The number of carbonyl (C=O) groups excluding carboxylic acids is 1. The normalized spacial score (nSPS) is 12.6. The highest BCUT2D eigenvalue weighted by Crippen LogP contribution is 2.32. The number of halogens is 3. The number of benzene rings is 1. The number of rotatable bonds is 7. The molecule has 3 aromatic rings. The van der Waals surface area contributed by atoms with Crippen LogP contribution in [-0.4, -0.2) is 25.7 Å². The Morgan fingerprint density at radius 3 is 2.60 bits per heavy atom. The summed E-state index contributed by atoms with van der Waals surface area (Å²) in [5.41, 5.74) is 6.38. The van der Waals surface area contributed by atoms with Gasteiger partial charge in [0.05, 0.1) is 29.1 Å². The molecule has 0 spiro atoms. The molecule has 0 aliphatic rings. The highest BCUT2D eigenvalue weighted by atomic mass is 19.4. The van der Waals surface area contributed by atoms with E-state index in [1.54, 1.807) is 49.1 Å². The molecule has 1 unspecified atom stereocenters. The van der Waals surface area contributed by atoms with E-state index in [0.717, 1.165) is 11.8 Å².